The fourth-order valence-electron chi connectivity index (χ4n) is 3.30. The maximum atomic E-state index is 12.8. The second-order valence-electron chi connectivity index (χ2n) is 7.20. The van der Waals surface area contributed by atoms with Crippen LogP contribution in [0.15, 0.2) is 53.9 Å². The highest BCUT2D eigenvalue weighted by atomic mass is 32.1. The molecule has 7 heteroatoms. The van der Waals surface area contributed by atoms with E-state index in [2.05, 4.69) is 21.4 Å². The third kappa shape index (κ3) is 4.30. The maximum Gasteiger partial charge on any atom is 0.253 e. The number of carbonyl (C=O) groups excluding carboxylic acids is 1. The van der Waals surface area contributed by atoms with Gasteiger partial charge in [-0.1, -0.05) is 18.2 Å². The molecule has 0 spiro atoms. The summed E-state index contributed by atoms with van der Waals surface area (Å²) < 4.78 is 1.97. The molecule has 4 rings (SSSR count). The number of hydrogen-bond donors (Lipinski definition) is 1. The van der Waals surface area contributed by atoms with Crippen LogP contribution < -0.4 is 0 Å². The van der Waals surface area contributed by atoms with Crippen molar-refractivity contribution >= 4 is 17.2 Å². The SMILES string of the molecule is Cc1cc(C)n(Cc2ccc(C(=O)N(C)Cc3cc(-c4cccs4)n[nH]3)cc2)n1. The Labute approximate surface area is 173 Å². The van der Waals surface area contributed by atoms with Gasteiger partial charge in [0.15, 0.2) is 0 Å². The molecule has 3 aromatic heterocycles. The topological polar surface area (TPSA) is 66.8 Å². The number of amides is 1. The summed E-state index contributed by atoms with van der Waals surface area (Å²) in [6, 6.07) is 15.8. The molecule has 6 nitrogen and oxygen atoms in total. The molecule has 0 saturated heterocycles. The van der Waals surface area contributed by atoms with E-state index in [1.54, 1.807) is 23.3 Å². The van der Waals surface area contributed by atoms with Crippen LogP contribution >= 0.6 is 11.3 Å². The molecule has 0 bridgehead atoms. The van der Waals surface area contributed by atoms with E-state index < -0.39 is 0 Å². The Morgan fingerprint density at radius 2 is 1.97 bits per heavy atom. The van der Waals surface area contributed by atoms with E-state index in [1.165, 1.54) is 0 Å². The molecule has 29 heavy (non-hydrogen) atoms. The maximum absolute atomic E-state index is 12.8. The van der Waals surface area contributed by atoms with Gasteiger partial charge in [0.2, 0.25) is 0 Å². The summed E-state index contributed by atoms with van der Waals surface area (Å²) >= 11 is 1.65. The Hall–Kier alpha value is -3.19. The monoisotopic (exact) mass is 405 g/mol. The summed E-state index contributed by atoms with van der Waals surface area (Å²) in [4.78, 5) is 15.6. The second-order valence-corrected chi connectivity index (χ2v) is 8.15. The van der Waals surface area contributed by atoms with Gasteiger partial charge in [-0.3, -0.25) is 14.6 Å². The number of aromatic nitrogens is 4. The minimum atomic E-state index is -0.0186. The van der Waals surface area contributed by atoms with Gasteiger partial charge in [-0.25, -0.2) is 0 Å². The predicted octanol–water partition coefficient (Wildman–Crippen LogP) is 4.27. The van der Waals surface area contributed by atoms with Gasteiger partial charge in [-0.2, -0.15) is 10.2 Å². The van der Waals surface area contributed by atoms with Gasteiger partial charge in [0.25, 0.3) is 5.91 Å². The van der Waals surface area contributed by atoms with Gasteiger partial charge in [-0.05, 0) is 55.1 Å². The van der Waals surface area contributed by atoms with Gasteiger partial charge >= 0.3 is 0 Å². The Morgan fingerprint density at radius 3 is 2.62 bits per heavy atom. The van der Waals surface area contributed by atoms with Crippen LogP contribution in [0.5, 0.6) is 0 Å². The minimum Gasteiger partial charge on any atom is -0.336 e. The van der Waals surface area contributed by atoms with E-state index >= 15 is 0 Å². The highest BCUT2D eigenvalue weighted by Crippen LogP contribution is 2.23. The number of thiophene rings is 1. The first-order valence-corrected chi connectivity index (χ1v) is 10.3. The number of nitrogens with zero attached hydrogens (tertiary/aromatic N) is 4. The van der Waals surface area contributed by atoms with Crippen LogP contribution in [0.4, 0.5) is 0 Å². The fourth-order valence-corrected chi connectivity index (χ4v) is 3.99. The first-order valence-electron chi connectivity index (χ1n) is 9.43. The van der Waals surface area contributed by atoms with Crippen molar-refractivity contribution in [3.63, 3.8) is 0 Å². The Kier molecular flexibility index (Phi) is 5.31. The smallest absolute Gasteiger partial charge is 0.253 e. The molecule has 1 N–H and O–H groups in total. The van der Waals surface area contributed by atoms with Crippen molar-refractivity contribution in [3.8, 4) is 10.6 Å². The Bertz CT molecular complexity index is 1110. The van der Waals surface area contributed by atoms with Crippen molar-refractivity contribution in [1.29, 1.82) is 0 Å². The summed E-state index contributed by atoms with van der Waals surface area (Å²) in [5.74, 6) is -0.0186. The summed E-state index contributed by atoms with van der Waals surface area (Å²) in [5.41, 5.74) is 5.74. The standard InChI is InChI=1S/C22H23N5OS/c1-15-11-16(2)27(25-15)13-17-6-8-18(9-7-17)22(28)26(3)14-19-12-20(24-23-19)21-5-4-10-29-21/h4-12H,13-14H2,1-3H3,(H,23,24). The summed E-state index contributed by atoms with van der Waals surface area (Å²) in [7, 11) is 1.80. The first kappa shape index (κ1) is 19.1. The number of carbonyl (C=O) groups is 1. The zero-order valence-corrected chi connectivity index (χ0v) is 17.5. The van der Waals surface area contributed by atoms with Crippen LogP contribution in [0, 0.1) is 13.8 Å². The van der Waals surface area contributed by atoms with Crippen molar-refractivity contribution in [2.24, 2.45) is 0 Å². The number of hydrogen-bond acceptors (Lipinski definition) is 4. The summed E-state index contributed by atoms with van der Waals surface area (Å²) in [5, 5.41) is 13.9. The number of benzene rings is 1. The average molecular weight is 406 g/mol. The van der Waals surface area contributed by atoms with Crippen LogP contribution in [0.25, 0.3) is 10.6 Å². The third-order valence-corrected chi connectivity index (χ3v) is 5.69. The number of aryl methyl sites for hydroxylation is 2. The van der Waals surface area contributed by atoms with Crippen LogP contribution in [-0.2, 0) is 13.1 Å². The Morgan fingerprint density at radius 1 is 1.17 bits per heavy atom. The average Bonchev–Trinajstić information content (AvgIpc) is 3.44. The van der Waals surface area contributed by atoms with Gasteiger partial charge in [0.1, 0.15) is 5.69 Å². The highest BCUT2D eigenvalue weighted by molar-refractivity contribution is 7.13. The molecular weight excluding hydrogens is 382 g/mol. The number of nitrogens with one attached hydrogen (secondary N) is 1. The number of aromatic amines is 1. The molecule has 0 radical (unpaired) electrons. The number of H-pyrrole nitrogens is 1. The lowest BCUT2D eigenvalue weighted by Gasteiger charge is -2.16. The van der Waals surface area contributed by atoms with Crippen LogP contribution in [0.1, 0.15) is 33.0 Å². The second kappa shape index (κ2) is 8.05. The Balaban J connectivity index is 1.40. The van der Waals surface area contributed by atoms with E-state index in [0.717, 1.165) is 33.2 Å². The van der Waals surface area contributed by atoms with Gasteiger partial charge in [0.05, 0.1) is 29.4 Å². The van der Waals surface area contributed by atoms with Crippen LogP contribution in [0.3, 0.4) is 0 Å². The molecule has 0 aliphatic heterocycles. The van der Waals surface area contributed by atoms with Gasteiger partial charge in [-0.15, -0.1) is 11.3 Å². The molecule has 0 aliphatic rings. The predicted molar refractivity (Wildman–Crippen MR) is 115 cm³/mol. The molecule has 0 aliphatic carbocycles. The minimum absolute atomic E-state index is 0.0186. The van der Waals surface area contributed by atoms with E-state index in [4.69, 9.17) is 0 Å². The van der Waals surface area contributed by atoms with Gasteiger partial charge < -0.3 is 4.90 Å². The van der Waals surface area contributed by atoms with Gasteiger partial charge in [0, 0.05) is 18.3 Å². The van der Waals surface area contributed by atoms with Crippen molar-refractivity contribution in [1.82, 2.24) is 24.9 Å². The van der Waals surface area contributed by atoms with E-state index in [1.807, 2.05) is 66.4 Å². The lowest BCUT2D eigenvalue weighted by atomic mass is 10.1. The van der Waals surface area contributed by atoms with Crippen molar-refractivity contribution < 1.29 is 4.79 Å². The van der Waals surface area contributed by atoms with Crippen molar-refractivity contribution in [3.05, 3.63) is 82.1 Å². The molecule has 1 amide bonds. The molecule has 0 fully saturated rings. The molecule has 0 unspecified atom stereocenters. The van der Waals surface area contributed by atoms with Crippen molar-refractivity contribution in [2.45, 2.75) is 26.9 Å². The lowest BCUT2D eigenvalue weighted by Crippen LogP contribution is -2.26. The zero-order chi connectivity index (χ0) is 20.4. The first-order chi connectivity index (χ1) is 14.0. The zero-order valence-electron chi connectivity index (χ0n) is 16.7. The molecular formula is C22H23N5OS. The molecule has 148 valence electrons. The number of rotatable bonds is 6. The third-order valence-electron chi connectivity index (χ3n) is 4.80. The largest absolute Gasteiger partial charge is 0.336 e. The summed E-state index contributed by atoms with van der Waals surface area (Å²) in [6.07, 6.45) is 0. The quantitative estimate of drug-likeness (QED) is 0.521. The molecule has 1 aromatic carbocycles. The molecule has 4 aromatic rings. The van der Waals surface area contributed by atoms with E-state index in [0.29, 0.717) is 18.7 Å². The molecule has 0 atom stereocenters. The highest BCUT2D eigenvalue weighted by Gasteiger charge is 2.14. The summed E-state index contributed by atoms with van der Waals surface area (Å²) in [6.45, 7) is 5.21. The normalized spacial score (nSPS) is 11.0. The van der Waals surface area contributed by atoms with Crippen LogP contribution in [-0.4, -0.2) is 37.8 Å². The van der Waals surface area contributed by atoms with E-state index in [9.17, 15) is 4.79 Å². The van der Waals surface area contributed by atoms with Crippen molar-refractivity contribution in [2.75, 3.05) is 7.05 Å². The lowest BCUT2D eigenvalue weighted by molar-refractivity contribution is 0.0783. The molecule has 3 heterocycles. The fraction of sp³-hybridized carbons (Fsp3) is 0.227. The van der Waals surface area contributed by atoms with Crippen LogP contribution in [0.2, 0.25) is 0 Å². The van der Waals surface area contributed by atoms with E-state index in [-0.39, 0.29) is 5.91 Å². The molecule has 0 saturated carbocycles.